The number of fused-ring (bicyclic) bond motifs is 1. The smallest absolute Gasteiger partial charge is 0.278 e. The van der Waals surface area contributed by atoms with Crippen molar-refractivity contribution in [2.75, 3.05) is 39.3 Å². The Bertz CT molecular complexity index is 629. The van der Waals surface area contributed by atoms with Crippen molar-refractivity contribution >= 4 is 11.8 Å². The van der Waals surface area contributed by atoms with Crippen molar-refractivity contribution in [3.8, 4) is 11.5 Å². The highest BCUT2D eigenvalue weighted by atomic mass is 16.6. The molecule has 0 bridgehead atoms. The van der Waals surface area contributed by atoms with Crippen LogP contribution in [-0.4, -0.2) is 68.2 Å². The van der Waals surface area contributed by atoms with Gasteiger partial charge < -0.3 is 24.6 Å². The maximum Gasteiger partial charge on any atom is 0.278 e. The number of nitrogens with zero attached hydrogens (tertiary/aromatic N) is 1. The summed E-state index contributed by atoms with van der Waals surface area (Å²) in [4.78, 5) is 27.7. The Hall–Kier alpha value is -2.28. The van der Waals surface area contributed by atoms with Gasteiger partial charge in [-0.05, 0) is 26.0 Å². The summed E-state index contributed by atoms with van der Waals surface area (Å²) in [7, 11) is 0. The molecule has 0 saturated carbocycles. The van der Waals surface area contributed by atoms with Crippen LogP contribution in [0.25, 0.3) is 0 Å². The van der Waals surface area contributed by atoms with Crippen LogP contribution in [0.1, 0.15) is 13.8 Å². The zero-order valence-corrected chi connectivity index (χ0v) is 14.8. The third kappa shape index (κ3) is 3.87. The summed E-state index contributed by atoms with van der Waals surface area (Å²) < 4.78 is 11.4. The van der Waals surface area contributed by atoms with Crippen molar-refractivity contribution in [2.24, 2.45) is 0 Å². The number of rotatable bonds is 4. The number of ether oxygens (including phenoxy) is 2. The summed E-state index contributed by atoms with van der Waals surface area (Å²) in [5.41, 5.74) is 0. The maximum atomic E-state index is 12.7. The van der Waals surface area contributed by atoms with E-state index in [1.807, 2.05) is 43.0 Å². The molecule has 1 aromatic carbocycles. The first kappa shape index (κ1) is 17.5. The number of quaternary nitrogens is 1. The minimum atomic E-state index is -0.600. The second-order valence-electron chi connectivity index (χ2n) is 6.46. The van der Waals surface area contributed by atoms with E-state index in [2.05, 4.69) is 5.32 Å². The normalized spacial score (nSPS) is 21.5. The Morgan fingerprint density at radius 3 is 2.64 bits per heavy atom. The van der Waals surface area contributed by atoms with Crippen molar-refractivity contribution in [3.05, 3.63) is 24.3 Å². The van der Waals surface area contributed by atoms with E-state index in [-0.39, 0.29) is 24.5 Å². The lowest BCUT2D eigenvalue weighted by Crippen LogP contribution is -3.19. The Kier molecular flexibility index (Phi) is 5.43. The molecule has 25 heavy (non-hydrogen) atoms. The Balaban J connectivity index is 1.53. The van der Waals surface area contributed by atoms with Gasteiger partial charge >= 0.3 is 0 Å². The van der Waals surface area contributed by atoms with E-state index in [0.29, 0.717) is 31.1 Å². The molecule has 7 nitrogen and oxygen atoms in total. The first-order chi connectivity index (χ1) is 12.1. The summed E-state index contributed by atoms with van der Waals surface area (Å²) in [6, 6.07) is 7.28. The third-order valence-corrected chi connectivity index (χ3v) is 4.86. The molecule has 2 amide bonds. The van der Waals surface area contributed by atoms with Gasteiger partial charge in [-0.25, -0.2) is 0 Å². The van der Waals surface area contributed by atoms with Gasteiger partial charge in [0.2, 0.25) is 6.10 Å². The molecule has 0 aromatic heterocycles. The molecule has 3 rings (SSSR count). The molecule has 1 saturated heterocycles. The van der Waals surface area contributed by atoms with Crippen LogP contribution >= 0.6 is 0 Å². The van der Waals surface area contributed by atoms with Gasteiger partial charge in [-0.2, -0.15) is 0 Å². The Morgan fingerprint density at radius 2 is 1.96 bits per heavy atom. The molecule has 136 valence electrons. The second-order valence-corrected chi connectivity index (χ2v) is 6.46. The average Bonchev–Trinajstić information content (AvgIpc) is 2.66. The van der Waals surface area contributed by atoms with Gasteiger partial charge in [0, 0.05) is 6.54 Å². The van der Waals surface area contributed by atoms with Gasteiger partial charge in [0.15, 0.2) is 17.5 Å². The fourth-order valence-corrected chi connectivity index (χ4v) is 3.30. The van der Waals surface area contributed by atoms with Crippen molar-refractivity contribution < 1.29 is 24.0 Å². The van der Waals surface area contributed by atoms with E-state index in [9.17, 15) is 9.59 Å². The topological polar surface area (TPSA) is 72.3 Å². The first-order valence-electron chi connectivity index (χ1n) is 8.89. The molecule has 1 aromatic rings. The number of likely N-dealkylation sites (N-methyl/N-ethyl adjacent to an activating group) is 1. The number of hydrogen-bond acceptors (Lipinski definition) is 4. The monoisotopic (exact) mass is 348 g/mol. The lowest BCUT2D eigenvalue weighted by atomic mass is 10.2. The van der Waals surface area contributed by atoms with Crippen LogP contribution in [0.4, 0.5) is 0 Å². The van der Waals surface area contributed by atoms with Crippen molar-refractivity contribution in [1.82, 2.24) is 10.2 Å². The predicted octanol–water partition coefficient (Wildman–Crippen LogP) is -0.922. The largest absolute Gasteiger partial charge is 0.485 e. The molecule has 1 fully saturated rings. The van der Waals surface area contributed by atoms with Gasteiger partial charge in [-0.3, -0.25) is 9.59 Å². The molecule has 0 spiro atoms. The van der Waals surface area contributed by atoms with Crippen molar-refractivity contribution in [2.45, 2.75) is 26.0 Å². The quantitative estimate of drug-likeness (QED) is 0.738. The number of carbonyl (C=O) groups is 2. The van der Waals surface area contributed by atoms with Crippen LogP contribution in [0.5, 0.6) is 11.5 Å². The average molecular weight is 348 g/mol. The molecule has 0 unspecified atom stereocenters. The van der Waals surface area contributed by atoms with E-state index in [4.69, 9.17) is 9.47 Å². The molecule has 2 atom stereocenters. The lowest BCUT2D eigenvalue weighted by Gasteiger charge is -2.36. The number of benzene rings is 1. The highest BCUT2D eigenvalue weighted by molar-refractivity contribution is 5.82. The first-order valence-corrected chi connectivity index (χ1v) is 8.89. The SMILES string of the molecule is CCNC(=O)[C@@H](C)[NH+]1CCN(C(=O)[C@@H]2COc3ccccc3O2)CC1. The van der Waals surface area contributed by atoms with Gasteiger partial charge in [0.05, 0.1) is 26.2 Å². The van der Waals surface area contributed by atoms with Crippen LogP contribution in [0.2, 0.25) is 0 Å². The van der Waals surface area contributed by atoms with Crippen LogP contribution in [0.15, 0.2) is 24.3 Å². The van der Waals surface area contributed by atoms with Crippen molar-refractivity contribution in [1.29, 1.82) is 0 Å². The highest BCUT2D eigenvalue weighted by Crippen LogP contribution is 2.31. The summed E-state index contributed by atoms with van der Waals surface area (Å²) in [6.07, 6.45) is -0.600. The minimum Gasteiger partial charge on any atom is -0.485 e. The molecule has 2 aliphatic heterocycles. The molecular formula is C18H26N3O4+. The van der Waals surface area contributed by atoms with E-state index >= 15 is 0 Å². The highest BCUT2D eigenvalue weighted by Gasteiger charge is 2.35. The number of nitrogens with one attached hydrogen (secondary N) is 2. The number of para-hydroxylation sites is 2. The molecule has 0 aliphatic carbocycles. The number of hydrogen-bond donors (Lipinski definition) is 2. The maximum absolute atomic E-state index is 12.7. The Labute approximate surface area is 147 Å². The van der Waals surface area contributed by atoms with E-state index in [0.717, 1.165) is 13.1 Å². The summed E-state index contributed by atoms with van der Waals surface area (Å²) in [5.74, 6) is 1.31. The summed E-state index contributed by atoms with van der Waals surface area (Å²) in [5, 5.41) is 2.86. The van der Waals surface area contributed by atoms with Crippen LogP contribution in [0, 0.1) is 0 Å². The zero-order valence-electron chi connectivity index (χ0n) is 14.8. The fraction of sp³-hybridized carbons (Fsp3) is 0.556. The molecule has 2 aliphatic rings. The second kappa shape index (κ2) is 7.74. The molecule has 2 heterocycles. The van der Waals surface area contributed by atoms with Crippen LogP contribution in [-0.2, 0) is 9.59 Å². The van der Waals surface area contributed by atoms with Crippen LogP contribution in [0.3, 0.4) is 0 Å². The third-order valence-electron chi connectivity index (χ3n) is 4.86. The van der Waals surface area contributed by atoms with Gasteiger partial charge in [0.1, 0.15) is 6.61 Å². The molecular weight excluding hydrogens is 322 g/mol. The van der Waals surface area contributed by atoms with Crippen molar-refractivity contribution in [3.63, 3.8) is 0 Å². The van der Waals surface area contributed by atoms with Gasteiger partial charge in [-0.15, -0.1) is 0 Å². The van der Waals surface area contributed by atoms with E-state index < -0.39 is 6.10 Å². The minimum absolute atomic E-state index is 0.0424. The van der Waals surface area contributed by atoms with E-state index in [1.54, 1.807) is 0 Å². The van der Waals surface area contributed by atoms with Crippen LogP contribution < -0.4 is 19.7 Å². The Morgan fingerprint density at radius 1 is 1.28 bits per heavy atom. The molecule has 2 N–H and O–H groups in total. The standard InChI is InChI=1S/C18H25N3O4/c1-3-19-17(22)13(2)20-8-10-21(11-9-20)18(23)16-12-24-14-6-4-5-7-15(14)25-16/h4-7,13,16H,3,8-12H2,1-2H3,(H,19,22)/p+1/t13-,16+/m1/s1. The number of piperazine rings is 1. The number of carbonyl (C=O) groups excluding carboxylic acids is 2. The van der Waals surface area contributed by atoms with Gasteiger partial charge in [0.25, 0.3) is 11.8 Å². The molecule has 0 radical (unpaired) electrons. The zero-order chi connectivity index (χ0) is 17.8. The summed E-state index contributed by atoms with van der Waals surface area (Å²) in [6.45, 7) is 7.49. The lowest BCUT2D eigenvalue weighted by molar-refractivity contribution is -0.918. The molecule has 7 heteroatoms. The van der Waals surface area contributed by atoms with Gasteiger partial charge in [-0.1, -0.05) is 12.1 Å². The predicted molar refractivity (Wildman–Crippen MR) is 91.8 cm³/mol. The number of amides is 2. The summed E-state index contributed by atoms with van der Waals surface area (Å²) >= 11 is 0. The fourth-order valence-electron chi connectivity index (χ4n) is 3.30. The van der Waals surface area contributed by atoms with E-state index in [1.165, 1.54) is 4.90 Å².